The van der Waals surface area contributed by atoms with Gasteiger partial charge in [-0.3, -0.25) is 9.69 Å². The van der Waals surface area contributed by atoms with Gasteiger partial charge in [-0.15, -0.1) is 0 Å². The zero-order valence-electron chi connectivity index (χ0n) is 18.3. The number of carbonyl (C=O) groups is 1. The van der Waals surface area contributed by atoms with Gasteiger partial charge in [0.05, 0.1) is 0 Å². The topological polar surface area (TPSA) is 54.0 Å². The Labute approximate surface area is 198 Å². The van der Waals surface area contributed by atoms with E-state index in [0.29, 0.717) is 30.3 Å². The lowest BCUT2D eigenvalue weighted by molar-refractivity contribution is 0.102. The molecular formula is C26H26ClN3O3. The molecule has 1 amide bonds. The van der Waals surface area contributed by atoms with Crippen LogP contribution in [0.1, 0.15) is 15.9 Å². The van der Waals surface area contributed by atoms with E-state index in [9.17, 15) is 4.79 Å². The van der Waals surface area contributed by atoms with Gasteiger partial charge >= 0.3 is 0 Å². The minimum Gasteiger partial charge on any atom is -0.486 e. The van der Waals surface area contributed by atoms with Gasteiger partial charge in [0.15, 0.2) is 11.5 Å². The molecule has 0 atom stereocenters. The SMILES string of the molecule is O=C(Nc1ccc(N2CCN(Cc3ccccc3Cl)CC2)cc1)c1ccc2c(c1)OCCO2. The fourth-order valence-corrected chi connectivity index (χ4v) is 4.37. The fourth-order valence-electron chi connectivity index (χ4n) is 4.18. The molecule has 170 valence electrons. The highest BCUT2D eigenvalue weighted by Gasteiger charge is 2.19. The first-order valence-corrected chi connectivity index (χ1v) is 11.6. The summed E-state index contributed by atoms with van der Waals surface area (Å²) in [6, 6.07) is 21.3. The highest BCUT2D eigenvalue weighted by molar-refractivity contribution is 6.31. The molecule has 2 aliphatic rings. The largest absolute Gasteiger partial charge is 0.486 e. The standard InChI is InChI=1S/C26H26ClN3O3/c27-23-4-2-1-3-20(23)18-29-11-13-30(14-12-29)22-8-6-21(7-9-22)28-26(31)19-5-10-24-25(17-19)33-16-15-32-24/h1-10,17H,11-16,18H2,(H,28,31). The number of anilines is 2. The van der Waals surface area contributed by atoms with E-state index in [2.05, 4.69) is 33.3 Å². The predicted molar refractivity (Wildman–Crippen MR) is 131 cm³/mol. The summed E-state index contributed by atoms with van der Waals surface area (Å²) in [5, 5.41) is 3.79. The lowest BCUT2D eigenvalue weighted by Gasteiger charge is -2.36. The second kappa shape index (κ2) is 9.73. The van der Waals surface area contributed by atoms with Gasteiger partial charge in [-0.25, -0.2) is 0 Å². The monoisotopic (exact) mass is 463 g/mol. The van der Waals surface area contributed by atoms with E-state index in [-0.39, 0.29) is 5.91 Å². The average Bonchev–Trinajstić information content (AvgIpc) is 2.86. The van der Waals surface area contributed by atoms with Crippen LogP contribution >= 0.6 is 11.6 Å². The fraction of sp³-hybridized carbons (Fsp3) is 0.269. The van der Waals surface area contributed by atoms with Crippen LogP contribution in [0.15, 0.2) is 66.7 Å². The maximum absolute atomic E-state index is 12.7. The highest BCUT2D eigenvalue weighted by atomic mass is 35.5. The number of hydrogen-bond acceptors (Lipinski definition) is 5. The second-order valence-corrected chi connectivity index (χ2v) is 8.62. The molecule has 6 nitrogen and oxygen atoms in total. The normalized spacial score (nSPS) is 15.8. The number of carbonyl (C=O) groups excluding carboxylic acids is 1. The Morgan fingerprint density at radius 1 is 0.879 bits per heavy atom. The molecule has 3 aromatic rings. The molecule has 0 radical (unpaired) electrons. The van der Waals surface area contributed by atoms with E-state index in [1.165, 1.54) is 5.56 Å². The Bertz CT molecular complexity index is 1130. The summed E-state index contributed by atoms with van der Waals surface area (Å²) in [6.45, 7) is 5.76. The molecule has 0 aromatic heterocycles. The molecule has 0 aliphatic carbocycles. The number of halogens is 1. The summed E-state index contributed by atoms with van der Waals surface area (Å²) in [5.74, 6) is 1.11. The third kappa shape index (κ3) is 5.07. The van der Waals surface area contributed by atoms with Crippen molar-refractivity contribution in [3.05, 3.63) is 82.9 Å². The number of benzene rings is 3. The lowest BCUT2D eigenvalue weighted by atomic mass is 10.1. The molecule has 33 heavy (non-hydrogen) atoms. The van der Waals surface area contributed by atoms with Crippen molar-refractivity contribution in [3.8, 4) is 11.5 Å². The van der Waals surface area contributed by atoms with Crippen molar-refractivity contribution >= 4 is 28.9 Å². The van der Waals surface area contributed by atoms with Crippen LogP contribution in [-0.2, 0) is 6.54 Å². The number of amides is 1. The van der Waals surface area contributed by atoms with Gasteiger partial charge in [0.25, 0.3) is 5.91 Å². The van der Waals surface area contributed by atoms with Crippen LogP contribution in [0.2, 0.25) is 5.02 Å². The van der Waals surface area contributed by atoms with Crippen molar-refractivity contribution in [2.24, 2.45) is 0 Å². The van der Waals surface area contributed by atoms with Crippen molar-refractivity contribution < 1.29 is 14.3 Å². The Hall–Kier alpha value is -3.22. The summed E-state index contributed by atoms with van der Waals surface area (Å²) in [4.78, 5) is 17.5. The van der Waals surface area contributed by atoms with Crippen LogP contribution in [-0.4, -0.2) is 50.2 Å². The molecule has 0 spiro atoms. The van der Waals surface area contributed by atoms with Crippen molar-refractivity contribution in [1.82, 2.24) is 4.90 Å². The smallest absolute Gasteiger partial charge is 0.255 e. The first-order valence-electron chi connectivity index (χ1n) is 11.2. The molecule has 0 unspecified atom stereocenters. The van der Waals surface area contributed by atoms with Crippen molar-refractivity contribution in [2.75, 3.05) is 49.6 Å². The molecule has 0 saturated carbocycles. The quantitative estimate of drug-likeness (QED) is 0.595. The summed E-state index contributed by atoms with van der Waals surface area (Å²) in [7, 11) is 0. The molecule has 1 fully saturated rings. The number of ether oxygens (including phenoxy) is 2. The van der Waals surface area contributed by atoms with Crippen LogP contribution in [0.25, 0.3) is 0 Å². The van der Waals surface area contributed by atoms with Crippen LogP contribution in [0, 0.1) is 0 Å². The van der Waals surface area contributed by atoms with Crippen LogP contribution in [0.4, 0.5) is 11.4 Å². The minimum absolute atomic E-state index is 0.173. The van der Waals surface area contributed by atoms with Crippen LogP contribution in [0.3, 0.4) is 0 Å². The molecule has 0 bridgehead atoms. The van der Waals surface area contributed by atoms with Gasteiger partial charge in [0.2, 0.25) is 0 Å². The Morgan fingerprint density at radius 2 is 1.61 bits per heavy atom. The van der Waals surface area contributed by atoms with Crippen LogP contribution < -0.4 is 19.7 Å². The summed E-state index contributed by atoms with van der Waals surface area (Å²) in [6.07, 6.45) is 0. The number of fused-ring (bicyclic) bond motifs is 1. The van der Waals surface area contributed by atoms with E-state index in [0.717, 1.165) is 49.1 Å². The molecule has 1 saturated heterocycles. The number of nitrogens with zero attached hydrogens (tertiary/aromatic N) is 2. The van der Waals surface area contributed by atoms with Gasteiger partial charge in [0, 0.05) is 54.7 Å². The van der Waals surface area contributed by atoms with Gasteiger partial charge in [0.1, 0.15) is 13.2 Å². The van der Waals surface area contributed by atoms with E-state index < -0.39 is 0 Å². The minimum atomic E-state index is -0.173. The molecule has 2 heterocycles. The first kappa shape index (κ1) is 21.6. The van der Waals surface area contributed by atoms with E-state index in [1.54, 1.807) is 18.2 Å². The second-order valence-electron chi connectivity index (χ2n) is 8.21. The molecule has 3 aromatic carbocycles. The lowest BCUT2D eigenvalue weighted by Crippen LogP contribution is -2.46. The summed E-state index contributed by atoms with van der Waals surface area (Å²) < 4.78 is 11.1. The van der Waals surface area contributed by atoms with E-state index >= 15 is 0 Å². The van der Waals surface area contributed by atoms with Gasteiger partial charge in [-0.1, -0.05) is 29.8 Å². The average molecular weight is 464 g/mol. The van der Waals surface area contributed by atoms with Gasteiger partial charge in [-0.2, -0.15) is 0 Å². The summed E-state index contributed by atoms with van der Waals surface area (Å²) in [5.41, 5.74) is 3.63. The Kier molecular flexibility index (Phi) is 6.37. The maximum atomic E-state index is 12.7. The van der Waals surface area contributed by atoms with Crippen LogP contribution in [0.5, 0.6) is 11.5 Å². The molecule has 5 rings (SSSR count). The molecule has 2 aliphatic heterocycles. The van der Waals surface area contributed by atoms with Crippen molar-refractivity contribution in [1.29, 1.82) is 0 Å². The molecular weight excluding hydrogens is 438 g/mol. The van der Waals surface area contributed by atoms with E-state index in [1.807, 2.05) is 30.3 Å². The predicted octanol–water partition coefficient (Wildman–Crippen LogP) is 4.69. The zero-order chi connectivity index (χ0) is 22.6. The number of nitrogens with one attached hydrogen (secondary N) is 1. The Balaban J connectivity index is 1.16. The third-order valence-corrected chi connectivity index (χ3v) is 6.39. The number of rotatable bonds is 5. The zero-order valence-corrected chi connectivity index (χ0v) is 19.1. The van der Waals surface area contributed by atoms with Crippen molar-refractivity contribution in [3.63, 3.8) is 0 Å². The van der Waals surface area contributed by atoms with E-state index in [4.69, 9.17) is 21.1 Å². The number of hydrogen-bond donors (Lipinski definition) is 1. The molecule has 1 N–H and O–H groups in total. The maximum Gasteiger partial charge on any atom is 0.255 e. The van der Waals surface area contributed by atoms with Gasteiger partial charge in [-0.05, 0) is 54.1 Å². The first-order chi connectivity index (χ1) is 16.2. The molecule has 7 heteroatoms. The highest BCUT2D eigenvalue weighted by Crippen LogP contribution is 2.31. The summed E-state index contributed by atoms with van der Waals surface area (Å²) >= 11 is 6.31. The third-order valence-electron chi connectivity index (χ3n) is 6.02. The number of piperazine rings is 1. The van der Waals surface area contributed by atoms with Gasteiger partial charge < -0.3 is 19.7 Å². The Morgan fingerprint density at radius 3 is 2.36 bits per heavy atom. The van der Waals surface area contributed by atoms with Crippen molar-refractivity contribution in [2.45, 2.75) is 6.54 Å².